The zero-order valence-corrected chi connectivity index (χ0v) is 12.3. The van der Waals surface area contributed by atoms with Gasteiger partial charge in [-0.15, -0.1) is 0 Å². The fraction of sp³-hybridized carbons (Fsp3) is 0.688. The molecule has 1 aromatic rings. The van der Waals surface area contributed by atoms with Gasteiger partial charge in [-0.2, -0.15) is 0 Å². The molecule has 2 rings (SSSR count). The Morgan fingerprint density at radius 1 is 1.37 bits per heavy atom. The number of hydrogen-bond acceptors (Lipinski definition) is 3. The lowest BCUT2D eigenvalue weighted by Crippen LogP contribution is -2.42. The Morgan fingerprint density at radius 2 is 2.11 bits per heavy atom. The predicted molar refractivity (Wildman–Crippen MR) is 80.0 cm³/mol. The minimum Gasteiger partial charge on any atom is -0.329 e. The molecule has 1 aliphatic carbocycles. The van der Waals surface area contributed by atoms with E-state index >= 15 is 0 Å². The number of aryl methyl sites for hydroxylation is 1. The van der Waals surface area contributed by atoms with E-state index in [1.54, 1.807) is 0 Å². The van der Waals surface area contributed by atoms with Gasteiger partial charge < -0.3 is 5.73 Å². The van der Waals surface area contributed by atoms with Crippen LogP contribution in [0.4, 0.5) is 0 Å². The minimum absolute atomic E-state index is 0.321. The average Bonchev–Trinajstić information content (AvgIpc) is 2.46. The smallest absolute Gasteiger partial charge is 0.0491 e. The van der Waals surface area contributed by atoms with Gasteiger partial charge in [-0.05, 0) is 43.5 Å². The molecular formula is C16H27N3. The summed E-state index contributed by atoms with van der Waals surface area (Å²) in [5.74, 6) is 0. The van der Waals surface area contributed by atoms with E-state index < -0.39 is 0 Å². The highest BCUT2D eigenvalue weighted by atomic mass is 15.2. The van der Waals surface area contributed by atoms with Crippen molar-refractivity contribution in [3.63, 3.8) is 0 Å². The lowest BCUT2D eigenvalue weighted by atomic mass is 9.91. The van der Waals surface area contributed by atoms with Crippen molar-refractivity contribution in [3.8, 4) is 0 Å². The van der Waals surface area contributed by atoms with E-state index in [4.69, 9.17) is 5.73 Å². The van der Waals surface area contributed by atoms with Gasteiger partial charge >= 0.3 is 0 Å². The van der Waals surface area contributed by atoms with E-state index in [0.717, 1.165) is 6.54 Å². The third-order valence-corrected chi connectivity index (χ3v) is 4.47. The summed E-state index contributed by atoms with van der Waals surface area (Å²) in [5, 5.41) is 0. The summed E-state index contributed by atoms with van der Waals surface area (Å²) < 4.78 is 0. The molecule has 0 aromatic carbocycles. The third kappa shape index (κ3) is 3.34. The van der Waals surface area contributed by atoms with Gasteiger partial charge in [-0.25, -0.2) is 0 Å². The Morgan fingerprint density at radius 3 is 2.68 bits per heavy atom. The quantitative estimate of drug-likeness (QED) is 0.886. The molecule has 0 spiro atoms. The minimum atomic E-state index is 0.321. The summed E-state index contributed by atoms with van der Waals surface area (Å²) >= 11 is 0. The summed E-state index contributed by atoms with van der Waals surface area (Å²) in [6, 6.07) is 3.11. The highest BCUT2D eigenvalue weighted by molar-refractivity contribution is 5.25. The van der Waals surface area contributed by atoms with E-state index in [0.29, 0.717) is 18.6 Å². The van der Waals surface area contributed by atoms with E-state index in [9.17, 15) is 0 Å². The monoisotopic (exact) mass is 261 g/mol. The molecule has 1 aromatic heterocycles. The number of likely N-dealkylation sites (N-methyl/N-ethyl adjacent to an activating group) is 1. The molecule has 0 amide bonds. The molecule has 0 aliphatic heterocycles. The first-order valence-corrected chi connectivity index (χ1v) is 7.64. The molecule has 1 heterocycles. The molecule has 106 valence electrons. The van der Waals surface area contributed by atoms with Crippen molar-refractivity contribution in [2.24, 2.45) is 5.73 Å². The van der Waals surface area contributed by atoms with Crippen LogP contribution in [0, 0.1) is 6.92 Å². The molecule has 0 bridgehead atoms. The van der Waals surface area contributed by atoms with Gasteiger partial charge in [0.05, 0.1) is 0 Å². The molecule has 1 unspecified atom stereocenters. The normalized spacial score (nSPS) is 18.7. The fourth-order valence-electron chi connectivity index (χ4n) is 3.41. The van der Waals surface area contributed by atoms with Crippen molar-refractivity contribution >= 4 is 0 Å². The van der Waals surface area contributed by atoms with Gasteiger partial charge in [0.1, 0.15) is 0 Å². The van der Waals surface area contributed by atoms with Crippen LogP contribution in [0.2, 0.25) is 0 Å². The van der Waals surface area contributed by atoms with Crippen LogP contribution in [0.25, 0.3) is 0 Å². The second-order valence-corrected chi connectivity index (χ2v) is 5.61. The van der Waals surface area contributed by atoms with Gasteiger partial charge in [0, 0.05) is 31.0 Å². The van der Waals surface area contributed by atoms with E-state index in [1.165, 1.54) is 43.2 Å². The molecule has 1 atom stereocenters. The maximum Gasteiger partial charge on any atom is 0.0491 e. The van der Waals surface area contributed by atoms with Gasteiger partial charge in [0.25, 0.3) is 0 Å². The molecule has 2 N–H and O–H groups in total. The van der Waals surface area contributed by atoms with E-state index in [-0.39, 0.29) is 0 Å². The highest BCUT2D eigenvalue weighted by Gasteiger charge is 2.27. The molecule has 1 fully saturated rings. The Kier molecular flexibility index (Phi) is 5.34. The van der Waals surface area contributed by atoms with Gasteiger partial charge in [0.15, 0.2) is 0 Å². The van der Waals surface area contributed by atoms with Crippen molar-refractivity contribution in [3.05, 3.63) is 29.6 Å². The number of pyridine rings is 1. The zero-order chi connectivity index (χ0) is 13.7. The number of nitrogens with zero attached hydrogens (tertiary/aromatic N) is 2. The molecule has 0 saturated heterocycles. The van der Waals surface area contributed by atoms with Crippen LogP contribution < -0.4 is 5.73 Å². The highest BCUT2D eigenvalue weighted by Crippen LogP contribution is 2.30. The number of nitrogens with two attached hydrogens (primary N) is 1. The largest absolute Gasteiger partial charge is 0.329 e. The first-order chi connectivity index (χ1) is 9.27. The van der Waals surface area contributed by atoms with Gasteiger partial charge in [-0.3, -0.25) is 9.88 Å². The Balaban J connectivity index is 2.20. The number of aromatic nitrogens is 1. The maximum absolute atomic E-state index is 6.09. The maximum atomic E-state index is 6.09. The summed E-state index contributed by atoms with van der Waals surface area (Å²) in [7, 11) is 0. The average molecular weight is 261 g/mol. The summed E-state index contributed by atoms with van der Waals surface area (Å²) in [6.07, 6.45) is 10.6. The van der Waals surface area contributed by atoms with Gasteiger partial charge in [0.2, 0.25) is 0 Å². The fourth-order valence-corrected chi connectivity index (χ4v) is 3.41. The Hall–Kier alpha value is -0.930. The van der Waals surface area contributed by atoms with Crippen molar-refractivity contribution in [1.29, 1.82) is 0 Å². The summed E-state index contributed by atoms with van der Waals surface area (Å²) in [4.78, 5) is 6.89. The van der Waals surface area contributed by atoms with Crippen molar-refractivity contribution in [2.45, 2.75) is 58.0 Å². The first-order valence-electron chi connectivity index (χ1n) is 7.64. The van der Waals surface area contributed by atoms with Crippen LogP contribution in [0.15, 0.2) is 18.5 Å². The first kappa shape index (κ1) is 14.5. The van der Waals surface area contributed by atoms with Crippen LogP contribution in [0.3, 0.4) is 0 Å². The van der Waals surface area contributed by atoms with Crippen LogP contribution in [-0.4, -0.2) is 29.0 Å². The molecule has 3 heteroatoms. The lowest BCUT2D eigenvalue weighted by Gasteiger charge is -2.39. The van der Waals surface area contributed by atoms with Crippen molar-refractivity contribution < 1.29 is 0 Å². The second-order valence-electron chi connectivity index (χ2n) is 5.61. The Labute approximate surface area is 117 Å². The van der Waals surface area contributed by atoms with Crippen LogP contribution in [0.1, 0.15) is 56.2 Å². The molecule has 19 heavy (non-hydrogen) atoms. The van der Waals surface area contributed by atoms with Gasteiger partial charge in [-0.1, -0.05) is 26.2 Å². The second kappa shape index (κ2) is 7.01. The van der Waals surface area contributed by atoms with Crippen LogP contribution >= 0.6 is 0 Å². The topological polar surface area (TPSA) is 42.1 Å². The summed E-state index contributed by atoms with van der Waals surface area (Å²) in [6.45, 7) is 6.16. The standard InChI is InChI=1S/C16H27N3/c1-3-19(14-7-5-4-6-8-14)16(11-17)15-12-18-10-9-13(15)2/h9-10,12,14,16H,3-8,11,17H2,1-2H3. The lowest BCUT2D eigenvalue weighted by molar-refractivity contribution is 0.113. The van der Waals surface area contributed by atoms with E-state index in [2.05, 4.69) is 29.8 Å². The molecular weight excluding hydrogens is 234 g/mol. The molecule has 1 saturated carbocycles. The SMILES string of the molecule is CCN(C1CCCCC1)C(CN)c1cnccc1C. The number of rotatable bonds is 5. The molecule has 0 radical (unpaired) electrons. The molecule has 3 nitrogen and oxygen atoms in total. The van der Waals surface area contributed by atoms with Crippen molar-refractivity contribution in [1.82, 2.24) is 9.88 Å². The third-order valence-electron chi connectivity index (χ3n) is 4.47. The Bertz CT molecular complexity index is 385. The predicted octanol–water partition coefficient (Wildman–Crippen LogP) is 3.04. The van der Waals surface area contributed by atoms with E-state index in [1.807, 2.05) is 12.4 Å². The summed E-state index contributed by atoms with van der Waals surface area (Å²) in [5.41, 5.74) is 8.70. The van der Waals surface area contributed by atoms with Crippen LogP contribution in [0.5, 0.6) is 0 Å². The van der Waals surface area contributed by atoms with Crippen LogP contribution in [-0.2, 0) is 0 Å². The number of hydrogen-bond donors (Lipinski definition) is 1. The molecule has 1 aliphatic rings. The van der Waals surface area contributed by atoms with Crippen molar-refractivity contribution in [2.75, 3.05) is 13.1 Å². The zero-order valence-electron chi connectivity index (χ0n) is 12.3.